The first-order valence-corrected chi connectivity index (χ1v) is 11.4. The molecule has 4 unspecified atom stereocenters. The number of nitrogens with zero attached hydrogens (tertiary/aromatic N) is 1. The zero-order valence-corrected chi connectivity index (χ0v) is 20.3. The Morgan fingerprint density at radius 2 is 1.19 bits per heavy atom. The van der Waals surface area contributed by atoms with Crippen molar-refractivity contribution in [3.05, 3.63) is 0 Å². The van der Waals surface area contributed by atoms with Gasteiger partial charge >= 0.3 is 17.9 Å². The molecule has 0 aliphatic carbocycles. The fourth-order valence-corrected chi connectivity index (χ4v) is 2.91. The summed E-state index contributed by atoms with van der Waals surface area (Å²) in [7, 11) is 0. The summed E-state index contributed by atoms with van der Waals surface area (Å²) in [5, 5.41) is 33.9. The van der Waals surface area contributed by atoms with Gasteiger partial charge in [0.25, 0.3) is 0 Å². The zero-order chi connectivity index (χ0) is 27.8. The predicted molar refractivity (Wildman–Crippen MR) is 129 cm³/mol. The third-order valence-corrected chi connectivity index (χ3v) is 5.05. The van der Waals surface area contributed by atoms with Gasteiger partial charge in [0, 0.05) is 25.1 Å². The summed E-state index contributed by atoms with van der Waals surface area (Å²) < 4.78 is 0. The maximum atomic E-state index is 12.9. The minimum Gasteiger partial charge on any atom is -0.481 e. The van der Waals surface area contributed by atoms with Crippen molar-refractivity contribution in [1.82, 2.24) is 16.0 Å². The van der Waals surface area contributed by atoms with Gasteiger partial charge < -0.3 is 48.5 Å². The van der Waals surface area contributed by atoms with Crippen LogP contribution in [0, 0.1) is 0 Å². The predicted octanol–water partition coefficient (Wildman–Crippen LogP) is -3.43. The number of guanidine groups is 1. The van der Waals surface area contributed by atoms with Crippen LogP contribution in [0.4, 0.5) is 0 Å². The molecule has 0 aliphatic heterocycles. The van der Waals surface area contributed by atoms with E-state index in [1.807, 2.05) is 0 Å². The first kappa shape index (κ1) is 32.4. The second-order valence-electron chi connectivity index (χ2n) is 7.62. The topological polar surface area (TPSA) is 290 Å². The largest absolute Gasteiger partial charge is 0.481 e. The lowest BCUT2D eigenvalue weighted by molar-refractivity contribution is -0.143. The number of carboxylic acid groups (broad SMARTS) is 3. The highest BCUT2D eigenvalue weighted by Gasteiger charge is 2.30. The smallest absolute Gasteiger partial charge is 0.326 e. The monoisotopic (exact) mass is 535 g/mol. The Morgan fingerprint density at radius 1 is 0.750 bits per heavy atom. The molecule has 12 N–H and O–H groups in total. The van der Waals surface area contributed by atoms with Crippen molar-refractivity contribution in [3.8, 4) is 0 Å². The molecular weight excluding hydrogens is 502 g/mol. The van der Waals surface area contributed by atoms with Crippen molar-refractivity contribution >= 4 is 54.2 Å². The van der Waals surface area contributed by atoms with Crippen molar-refractivity contribution in [2.75, 3.05) is 12.3 Å². The van der Waals surface area contributed by atoms with E-state index in [1.54, 1.807) is 0 Å². The lowest BCUT2D eigenvalue weighted by Crippen LogP contribution is -2.57. The highest BCUT2D eigenvalue weighted by atomic mass is 32.1. The van der Waals surface area contributed by atoms with Crippen LogP contribution >= 0.6 is 12.6 Å². The summed E-state index contributed by atoms with van der Waals surface area (Å²) in [6.07, 6.45) is -1.68. The van der Waals surface area contributed by atoms with Gasteiger partial charge in [0.15, 0.2) is 5.96 Å². The van der Waals surface area contributed by atoms with Crippen LogP contribution in [0.5, 0.6) is 0 Å². The van der Waals surface area contributed by atoms with E-state index in [0.29, 0.717) is 0 Å². The molecule has 0 aromatic rings. The maximum absolute atomic E-state index is 12.9. The van der Waals surface area contributed by atoms with Crippen LogP contribution in [0.2, 0.25) is 0 Å². The van der Waals surface area contributed by atoms with Crippen LogP contribution in [0.25, 0.3) is 0 Å². The molecule has 0 saturated carbocycles. The number of amides is 3. The number of thiol groups is 1. The van der Waals surface area contributed by atoms with E-state index in [9.17, 15) is 33.9 Å². The van der Waals surface area contributed by atoms with E-state index >= 15 is 0 Å². The van der Waals surface area contributed by atoms with E-state index in [1.165, 1.54) is 0 Å². The van der Waals surface area contributed by atoms with Gasteiger partial charge in [0.1, 0.15) is 18.1 Å². The lowest BCUT2D eigenvalue weighted by atomic mass is 10.1. The summed E-state index contributed by atoms with van der Waals surface area (Å²) in [6.45, 7) is 0.0688. The summed E-state index contributed by atoms with van der Waals surface area (Å²) in [6, 6.07) is -5.37. The van der Waals surface area contributed by atoms with Crippen molar-refractivity contribution in [1.29, 1.82) is 0 Å². The number of carbonyl (C=O) groups is 6. The third kappa shape index (κ3) is 14.0. The first-order chi connectivity index (χ1) is 16.8. The molecular formula is C19H33N7O9S. The number of aliphatic imine (C=N–C) groups is 1. The second-order valence-corrected chi connectivity index (χ2v) is 7.99. The number of carboxylic acids is 3. The van der Waals surface area contributed by atoms with Crippen LogP contribution < -0.4 is 33.2 Å². The highest BCUT2D eigenvalue weighted by molar-refractivity contribution is 7.80. The highest BCUT2D eigenvalue weighted by Crippen LogP contribution is 2.06. The van der Waals surface area contributed by atoms with Gasteiger partial charge in [-0.2, -0.15) is 12.6 Å². The molecule has 0 saturated heterocycles. The standard InChI is InChI=1S/C19H33N7O9S/c20-9(8-36)15(31)24-11(3-5-13(27)28)17(33)25-10(2-1-7-23-19(21)22)16(32)26-12(18(34)35)4-6-14(29)30/h9-12,36H,1-8,20H2,(H,24,31)(H,25,33)(H,26,32)(H,27,28)(H,29,30)(H,34,35)(H4,21,22,23). The molecule has 204 valence electrons. The molecule has 0 heterocycles. The molecule has 4 atom stereocenters. The molecule has 0 fully saturated rings. The normalized spacial score (nSPS) is 13.8. The van der Waals surface area contributed by atoms with Crippen molar-refractivity contribution in [2.24, 2.45) is 22.2 Å². The molecule has 0 aromatic heterocycles. The van der Waals surface area contributed by atoms with Crippen LogP contribution in [-0.4, -0.2) is 93.4 Å². The first-order valence-electron chi connectivity index (χ1n) is 10.8. The molecule has 0 aliphatic rings. The average molecular weight is 536 g/mol. The van der Waals surface area contributed by atoms with Crippen LogP contribution in [0.3, 0.4) is 0 Å². The van der Waals surface area contributed by atoms with E-state index in [-0.39, 0.29) is 37.5 Å². The summed E-state index contributed by atoms with van der Waals surface area (Å²) in [4.78, 5) is 74.7. The molecule has 0 bridgehead atoms. The summed E-state index contributed by atoms with van der Waals surface area (Å²) in [5.74, 6) is -6.90. The molecule has 3 amide bonds. The quantitative estimate of drug-likeness (QED) is 0.0355. The Hall–Kier alpha value is -3.60. The maximum Gasteiger partial charge on any atom is 0.326 e. The molecule has 36 heavy (non-hydrogen) atoms. The minimum atomic E-state index is -1.55. The van der Waals surface area contributed by atoms with Gasteiger partial charge in [-0.1, -0.05) is 0 Å². The van der Waals surface area contributed by atoms with Crippen LogP contribution in [0.15, 0.2) is 4.99 Å². The zero-order valence-electron chi connectivity index (χ0n) is 19.4. The number of hydrogen-bond donors (Lipinski definition) is 10. The van der Waals surface area contributed by atoms with Gasteiger partial charge in [0.2, 0.25) is 17.7 Å². The van der Waals surface area contributed by atoms with Crippen LogP contribution in [-0.2, 0) is 28.8 Å². The Morgan fingerprint density at radius 3 is 1.64 bits per heavy atom. The summed E-state index contributed by atoms with van der Waals surface area (Å²) in [5.41, 5.74) is 16.1. The van der Waals surface area contributed by atoms with Gasteiger partial charge in [0.05, 0.1) is 6.04 Å². The molecule has 0 aromatic carbocycles. The fourth-order valence-electron chi connectivity index (χ4n) is 2.74. The van der Waals surface area contributed by atoms with Crippen molar-refractivity contribution in [3.63, 3.8) is 0 Å². The summed E-state index contributed by atoms with van der Waals surface area (Å²) >= 11 is 3.89. The number of aliphatic carboxylic acids is 3. The number of nitrogens with two attached hydrogens (primary N) is 3. The van der Waals surface area contributed by atoms with Gasteiger partial charge in [-0.15, -0.1) is 0 Å². The second kappa shape index (κ2) is 16.9. The fraction of sp³-hybridized carbons (Fsp3) is 0.632. The van der Waals surface area contributed by atoms with Crippen LogP contribution in [0.1, 0.15) is 38.5 Å². The third-order valence-electron chi connectivity index (χ3n) is 4.65. The SMILES string of the molecule is NC(N)=NCCCC(NC(=O)C(CCC(=O)O)NC(=O)C(N)CS)C(=O)NC(CCC(=O)O)C(=O)O. The van der Waals surface area contributed by atoms with Gasteiger partial charge in [-0.3, -0.25) is 29.0 Å². The van der Waals surface area contributed by atoms with E-state index < -0.39 is 79.1 Å². The van der Waals surface area contributed by atoms with E-state index in [0.717, 1.165) is 0 Å². The molecule has 0 spiro atoms. The van der Waals surface area contributed by atoms with Crippen molar-refractivity contribution < 1.29 is 44.1 Å². The van der Waals surface area contributed by atoms with Gasteiger partial charge in [-0.25, -0.2) is 4.79 Å². The Bertz CT molecular complexity index is 836. The number of rotatable bonds is 18. The Kier molecular flexibility index (Phi) is 15.2. The molecule has 0 rings (SSSR count). The molecule has 17 heteroatoms. The Labute approximate surface area is 211 Å². The van der Waals surface area contributed by atoms with Gasteiger partial charge in [-0.05, 0) is 25.7 Å². The lowest BCUT2D eigenvalue weighted by Gasteiger charge is -2.25. The molecule has 0 radical (unpaired) electrons. The van der Waals surface area contributed by atoms with E-state index in [4.69, 9.17) is 27.4 Å². The van der Waals surface area contributed by atoms with Crippen molar-refractivity contribution in [2.45, 2.75) is 62.7 Å². The average Bonchev–Trinajstić information content (AvgIpc) is 2.79. The Balaban J connectivity index is 5.66. The minimum absolute atomic E-state index is 0.0537. The number of carbonyl (C=O) groups excluding carboxylic acids is 3. The molecule has 16 nitrogen and oxygen atoms in total. The van der Waals surface area contributed by atoms with E-state index in [2.05, 4.69) is 33.6 Å². The number of hydrogen-bond acceptors (Lipinski definition) is 9. The number of nitrogens with one attached hydrogen (secondary N) is 3.